The topological polar surface area (TPSA) is 66.8 Å². The van der Waals surface area contributed by atoms with Crippen LogP contribution >= 0.6 is 11.8 Å². The van der Waals surface area contributed by atoms with Gasteiger partial charge < -0.3 is 14.7 Å². The van der Waals surface area contributed by atoms with E-state index >= 15 is 0 Å². The van der Waals surface area contributed by atoms with Gasteiger partial charge in [-0.3, -0.25) is 9.59 Å². The minimum atomic E-state index is -1.36. The van der Waals surface area contributed by atoms with Crippen molar-refractivity contribution in [1.29, 1.82) is 0 Å². The average Bonchev–Trinajstić information content (AvgIpc) is 2.21. The van der Waals surface area contributed by atoms with Crippen LogP contribution in [0.15, 0.2) is 12.3 Å². The zero-order valence-electron chi connectivity index (χ0n) is 12.8. The van der Waals surface area contributed by atoms with Gasteiger partial charge in [0.1, 0.15) is 11.0 Å². The first-order valence-electron chi connectivity index (χ1n) is 6.50. The highest BCUT2D eigenvalue weighted by molar-refractivity contribution is 8.01. The molecule has 3 atom stereocenters. The van der Waals surface area contributed by atoms with Gasteiger partial charge in [0.15, 0.2) is 6.10 Å². The van der Waals surface area contributed by atoms with E-state index in [0.29, 0.717) is 0 Å². The van der Waals surface area contributed by atoms with E-state index < -0.39 is 23.0 Å². The van der Waals surface area contributed by atoms with E-state index in [2.05, 4.69) is 0 Å². The van der Waals surface area contributed by atoms with Crippen LogP contribution in [0.25, 0.3) is 0 Å². The molecule has 0 unspecified atom stereocenters. The Kier molecular flexibility index (Phi) is 4.92. The molecule has 0 aromatic heterocycles. The second kappa shape index (κ2) is 5.77. The molecule has 1 heterocycles. The van der Waals surface area contributed by atoms with Crippen molar-refractivity contribution in [3.05, 3.63) is 12.3 Å². The lowest BCUT2D eigenvalue weighted by Gasteiger charge is -2.46. The molecule has 1 N–H and O–H groups in total. The van der Waals surface area contributed by atoms with Gasteiger partial charge in [0.25, 0.3) is 0 Å². The van der Waals surface area contributed by atoms with Gasteiger partial charge in [-0.2, -0.15) is 0 Å². The summed E-state index contributed by atoms with van der Waals surface area (Å²) >= 11 is 1.46. The van der Waals surface area contributed by atoms with Gasteiger partial charge in [0.05, 0.1) is 0 Å². The Morgan fingerprint density at radius 3 is 2.30 bits per heavy atom. The number of amides is 1. The van der Waals surface area contributed by atoms with Crippen LogP contribution in [0.1, 0.15) is 41.5 Å². The highest BCUT2D eigenvalue weighted by Gasteiger charge is 2.48. The second-order valence-electron chi connectivity index (χ2n) is 6.11. The quantitative estimate of drug-likeness (QED) is 0.789. The fraction of sp³-hybridized carbons (Fsp3) is 0.714. The highest BCUT2D eigenvalue weighted by atomic mass is 32.2. The number of hydrogen-bond donors (Lipinski definition) is 1. The summed E-state index contributed by atoms with van der Waals surface area (Å²) in [5, 5.41) is 10.3. The van der Waals surface area contributed by atoms with E-state index in [1.165, 1.54) is 30.5 Å². The van der Waals surface area contributed by atoms with Gasteiger partial charge in [-0.25, -0.2) is 0 Å². The minimum absolute atomic E-state index is 0.158. The standard InChI is InChI=1S/C14H23NO4S/c1-9(16)15-8-7-11(19-10(2)17)14(6,18)12(15)20-13(3,4)5/h7-8,11-12,18H,1-6H3/t11-,12+,14+/m1/s1. The van der Waals surface area contributed by atoms with Crippen molar-refractivity contribution in [3.8, 4) is 0 Å². The molecule has 0 aliphatic carbocycles. The monoisotopic (exact) mass is 301 g/mol. The molecule has 0 bridgehead atoms. The first-order chi connectivity index (χ1) is 8.95. The molecule has 0 aromatic rings. The first kappa shape index (κ1) is 17.0. The Morgan fingerprint density at radius 1 is 1.35 bits per heavy atom. The zero-order valence-corrected chi connectivity index (χ0v) is 13.7. The predicted molar refractivity (Wildman–Crippen MR) is 79.0 cm³/mol. The minimum Gasteiger partial charge on any atom is -0.455 e. The van der Waals surface area contributed by atoms with Gasteiger partial charge >= 0.3 is 5.97 Å². The van der Waals surface area contributed by atoms with Crippen LogP contribution in [0.4, 0.5) is 0 Å². The van der Waals surface area contributed by atoms with E-state index in [1.54, 1.807) is 19.2 Å². The third-order valence-corrected chi connectivity index (χ3v) is 4.51. The summed E-state index contributed by atoms with van der Waals surface area (Å²) in [5.74, 6) is -0.625. The van der Waals surface area contributed by atoms with Crippen LogP contribution in [0.3, 0.4) is 0 Å². The van der Waals surface area contributed by atoms with Gasteiger partial charge in [0, 0.05) is 24.8 Å². The Hall–Kier alpha value is -1.01. The van der Waals surface area contributed by atoms with Gasteiger partial charge in [-0.1, -0.05) is 20.8 Å². The number of nitrogens with zero attached hydrogens (tertiary/aromatic N) is 1. The van der Waals surface area contributed by atoms with Crippen molar-refractivity contribution in [2.45, 2.75) is 63.4 Å². The Balaban J connectivity index is 3.14. The maximum Gasteiger partial charge on any atom is 0.303 e. The Labute approximate surface area is 124 Å². The first-order valence-corrected chi connectivity index (χ1v) is 7.38. The SMILES string of the molecule is CC(=O)O[C@@H]1C=CN(C(C)=O)[C@@H](SC(C)(C)C)[C@@]1(C)O. The van der Waals surface area contributed by atoms with Gasteiger partial charge in [-0.15, -0.1) is 11.8 Å². The normalized spacial score (nSPS) is 30.2. The predicted octanol–water partition coefficient (Wildman–Crippen LogP) is 1.90. The van der Waals surface area contributed by atoms with Crippen molar-refractivity contribution in [1.82, 2.24) is 4.90 Å². The second-order valence-corrected chi connectivity index (χ2v) is 8.01. The number of carbonyl (C=O) groups is 2. The van der Waals surface area contributed by atoms with Crippen molar-refractivity contribution in [2.75, 3.05) is 0 Å². The maximum atomic E-state index is 11.8. The molecular formula is C14H23NO4S. The van der Waals surface area contributed by atoms with Crippen LogP contribution < -0.4 is 0 Å². The van der Waals surface area contributed by atoms with Crippen molar-refractivity contribution in [2.24, 2.45) is 0 Å². The van der Waals surface area contributed by atoms with Crippen molar-refractivity contribution >= 4 is 23.6 Å². The van der Waals surface area contributed by atoms with E-state index in [1.807, 2.05) is 20.8 Å². The fourth-order valence-electron chi connectivity index (χ4n) is 1.98. The van der Waals surface area contributed by atoms with Gasteiger partial charge in [-0.05, 0) is 13.0 Å². The molecule has 114 valence electrons. The van der Waals surface area contributed by atoms with Gasteiger partial charge in [0.2, 0.25) is 5.91 Å². The third kappa shape index (κ3) is 3.99. The molecule has 6 heteroatoms. The molecule has 0 radical (unpaired) electrons. The number of esters is 1. The van der Waals surface area contributed by atoms with Crippen LogP contribution in [-0.2, 0) is 14.3 Å². The lowest BCUT2D eigenvalue weighted by Crippen LogP contribution is -2.59. The highest BCUT2D eigenvalue weighted by Crippen LogP contribution is 2.41. The summed E-state index contributed by atoms with van der Waals surface area (Å²) in [6.07, 6.45) is 2.36. The number of aliphatic hydroxyl groups is 1. The van der Waals surface area contributed by atoms with E-state index in [-0.39, 0.29) is 10.7 Å². The summed E-state index contributed by atoms with van der Waals surface area (Å²) in [7, 11) is 0. The molecule has 1 aliphatic rings. The largest absolute Gasteiger partial charge is 0.455 e. The molecule has 20 heavy (non-hydrogen) atoms. The van der Waals surface area contributed by atoms with E-state index in [9.17, 15) is 14.7 Å². The smallest absolute Gasteiger partial charge is 0.303 e. The fourth-order valence-corrected chi connectivity index (χ4v) is 3.36. The molecule has 0 spiro atoms. The molecule has 0 saturated carbocycles. The van der Waals surface area contributed by atoms with E-state index in [4.69, 9.17) is 4.74 Å². The van der Waals surface area contributed by atoms with Crippen molar-refractivity contribution < 1.29 is 19.4 Å². The molecule has 1 aliphatic heterocycles. The van der Waals surface area contributed by atoms with Crippen LogP contribution in [0.5, 0.6) is 0 Å². The van der Waals surface area contributed by atoms with Crippen LogP contribution in [0, 0.1) is 0 Å². The summed E-state index contributed by atoms with van der Waals surface area (Å²) < 4.78 is 4.99. The molecule has 5 nitrogen and oxygen atoms in total. The lowest BCUT2D eigenvalue weighted by atomic mass is 9.94. The molecule has 0 fully saturated rings. The zero-order chi connectivity index (χ0) is 15.7. The average molecular weight is 301 g/mol. The molecule has 1 amide bonds. The summed E-state index contributed by atoms with van der Waals surface area (Å²) in [5.41, 5.74) is -1.36. The molecule has 1 rings (SSSR count). The number of hydrogen-bond acceptors (Lipinski definition) is 5. The summed E-state index contributed by atoms with van der Waals surface area (Å²) in [6, 6.07) is 0. The number of thioether (sulfide) groups is 1. The maximum absolute atomic E-state index is 11.8. The van der Waals surface area contributed by atoms with Crippen molar-refractivity contribution in [3.63, 3.8) is 0 Å². The molecule has 0 aromatic carbocycles. The summed E-state index contributed by atoms with van der Waals surface area (Å²) in [6.45, 7) is 10.3. The number of carbonyl (C=O) groups excluding carboxylic acids is 2. The number of ether oxygens (including phenoxy) is 1. The molecular weight excluding hydrogens is 278 g/mol. The number of rotatable bonds is 2. The van der Waals surface area contributed by atoms with Crippen LogP contribution in [-0.4, -0.2) is 43.7 Å². The lowest BCUT2D eigenvalue weighted by molar-refractivity contribution is -0.161. The Bertz CT molecular complexity index is 425. The van der Waals surface area contributed by atoms with Crippen LogP contribution in [0.2, 0.25) is 0 Å². The molecule has 0 saturated heterocycles. The van der Waals surface area contributed by atoms with E-state index in [0.717, 1.165) is 0 Å². The summed E-state index contributed by atoms with van der Waals surface area (Å²) in [4.78, 5) is 24.4. The third-order valence-electron chi connectivity index (χ3n) is 2.87. The Morgan fingerprint density at radius 2 is 1.90 bits per heavy atom.